The molecule has 2 N–H and O–H groups in total. The molecule has 3 rings (SSSR count). The van der Waals surface area contributed by atoms with Crippen molar-refractivity contribution >= 4 is 5.84 Å². The summed E-state index contributed by atoms with van der Waals surface area (Å²) < 4.78 is 32.5. The van der Waals surface area contributed by atoms with E-state index in [1.807, 2.05) is 25.1 Å². The van der Waals surface area contributed by atoms with Crippen molar-refractivity contribution in [2.24, 2.45) is 10.7 Å². The van der Waals surface area contributed by atoms with Gasteiger partial charge in [-0.25, -0.2) is 8.78 Å². The first-order chi connectivity index (χ1) is 10.5. The molecule has 2 aromatic rings. The van der Waals surface area contributed by atoms with Crippen LogP contribution in [-0.2, 0) is 10.3 Å². The summed E-state index contributed by atoms with van der Waals surface area (Å²) in [6, 6.07) is 10.9. The van der Waals surface area contributed by atoms with E-state index < -0.39 is 17.2 Å². The molecule has 1 atom stereocenters. The molecule has 1 heterocycles. The normalized spacial score (nSPS) is 21.5. The van der Waals surface area contributed by atoms with Gasteiger partial charge in [-0.2, -0.15) is 0 Å². The minimum atomic E-state index is -0.602. The van der Waals surface area contributed by atoms with Crippen LogP contribution in [0.2, 0.25) is 0 Å². The van der Waals surface area contributed by atoms with Gasteiger partial charge < -0.3 is 10.5 Å². The Bertz CT molecular complexity index is 745. The summed E-state index contributed by atoms with van der Waals surface area (Å²) in [7, 11) is 0. The number of hydrogen-bond donors (Lipinski definition) is 1. The van der Waals surface area contributed by atoms with Crippen molar-refractivity contribution < 1.29 is 13.5 Å². The van der Waals surface area contributed by atoms with E-state index >= 15 is 0 Å². The molecule has 3 nitrogen and oxygen atoms in total. The minimum Gasteiger partial charge on any atom is -0.386 e. The number of hydrogen-bond acceptors (Lipinski definition) is 3. The number of aliphatic imine (C=N–C) groups is 1. The molecule has 0 amide bonds. The zero-order chi connectivity index (χ0) is 15.7. The molecule has 0 bridgehead atoms. The largest absolute Gasteiger partial charge is 0.386 e. The average Bonchev–Trinajstić information content (AvgIpc) is 2.47. The van der Waals surface area contributed by atoms with Gasteiger partial charge in [0.05, 0.1) is 6.61 Å². The lowest BCUT2D eigenvalue weighted by atomic mass is 9.90. The van der Waals surface area contributed by atoms with Crippen molar-refractivity contribution in [3.05, 3.63) is 59.7 Å². The molecule has 5 heteroatoms. The van der Waals surface area contributed by atoms with Gasteiger partial charge in [-0.1, -0.05) is 18.2 Å². The second-order valence-corrected chi connectivity index (χ2v) is 5.57. The first-order valence-corrected chi connectivity index (χ1v) is 6.96. The van der Waals surface area contributed by atoms with Gasteiger partial charge in [-0.05, 0) is 36.2 Å². The number of nitrogens with zero attached hydrogens (tertiary/aromatic N) is 1. The molecule has 2 aromatic carbocycles. The van der Waals surface area contributed by atoms with Crippen LogP contribution in [0.25, 0.3) is 11.1 Å². The highest BCUT2D eigenvalue weighted by Crippen LogP contribution is 2.32. The smallest absolute Gasteiger partial charge is 0.133 e. The molecule has 22 heavy (non-hydrogen) atoms. The average molecular weight is 302 g/mol. The topological polar surface area (TPSA) is 47.6 Å². The number of benzene rings is 2. The van der Waals surface area contributed by atoms with E-state index in [-0.39, 0.29) is 0 Å². The fraction of sp³-hybridized carbons (Fsp3) is 0.235. The standard InChI is InChI=1S/C17H16F2N2O/c1-17(10-22-9-16(20)21-17)12-4-2-3-11(7-12)14-6-5-13(18)8-15(14)19/h2-8H,9-10H2,1H3,(H2,20,21). The van der Waals surface area contributed by atoms with E-state index in [2.05, 4.69) is 4.99 Å². The van der Waals surface area contributed by atoms with Crippen LogP contribution in [0, 0.1) is 11.6 Å². The van der Waals surface area contributed by atoms with Crippen molar-refractivity contribution in [3.63, 3.8) is 0 Å². The molecule has 1 aliphatic rings. The fourth-order valence-electron chi connectivity index (χ4n) is 2.63. The van der Waals surface area contributed by atoms with Gasteiger partial charge in [0.1, 0.15) is 29.6 Å². The predicted molar refractivity (Wildman–Crippen MR) is 81.6 cm³/mol. The van der Waals surface area contributed by atoms with Crippen LogP contribution in [0.15, 0.2) is 47.5 Å². The zero-order valence-corrected chi connectivity index (χ0v) is 12.1. The number of amidine groups is 1. The van der Waals surface area contributed by atoms with E-state index in [1.165, 1.54) is 12.1 Å². The molecule has 0 aromatic heterocycles. The van der Waals surface area contributed by atoms with Gasteiger partial charge in [0.15, 0.2) is 0 Å². The first kappa shape index (κ1) is 14.7. The third kappa shape index (κ3) is 2.72. The maximum absolute atomic E-state index is 14.0. The van der Waals surface area contributed by atoms with Gasteiger partial charge in [-0.3, -0.25) is 4.99 Å². The van der Waals surface area contributed by atoms with E-state index in [0.29, 0.717) is 30.2 Å². The lowest BCUT2D eigenvalue weighted by molar-refractivity contribution is 0.106. The van der Waals surface area contributed by atoms with Crippen LogP contribution in [0.1, 0.15) is 12.5 Å². The number of rotatable bonds is 2. The second kappa shape index (κ2) is 5.50. The van der Waals surface area contributed by atoms with Crippen LogP contribution in [0.4, 0.5) is 8.78 Å². The van der Waals surface area contributed by atoms with Crippen molar-refractivity contribution in [1.82, 2.24) is 0 Å². The lowest BCUT2D eigenvalue weighted by Crippen LogP contribution is -2.37. The molecule has 0 saturated carbocycles. The SMILES string of the molecule is CC1(c2cccc(-c3ccc(F)cc3F)c2)COCC(N)=N1. The van der Waals surface area contributed by atoms with Crippen molar-refractivity contribution in [2.75, 3.05) is 13.2 Å². The number of halogens is 2. The monoisotopic (exact) mass is 302 g/mol. The van der Waals surface area contributed by atoms with Gasteiger partial charge in [-0.15, -0.1) is 0 Å². The molecule has 0 spiro atoms. The summed E-state index contributed by atoms with van der Waals surface area (Å²) in [5, 5.41) is 0. The Kier molecular flexibility index (Phi) is 3.66. The minimum absolute atomic E-state index is 0.321. The Morgan fingerprint density at radius 2 is 2.00 bits per heavy atom. The van der Waals surface area contributed by atoms with E-state index in [4.69, 9.17) is 10.5 Å². The molecule has 1 aliphatic heterocycles. The molecule has 0 aliphatic carbocycles. The quantitative estimate of drug-likeness (QED) is 0.926. The second-order valence-electron chi connectivity index (χ2n) is 5.57. The molecule has 0 radical (unpaired) electrons. The van der Waals surface area contributed by atoms with Crippen LogP contribution in [0.5, 0.6) is 0 Å². The summed E-state index contributed by atoms with van der Waals surface area (Å²) in [6.45, 7) is 2.64. The summed E-state index contributed by atoms with van der Waals surface area (Å²) in [5.41, 5.74) is 7.04. The van der Waals surface area contributed by atoms with E-state index in [0.717, 1.165) is 11.6 Å². The Morgan fingerprint density at radius 3 is 2.73 bits per heavy atom. The Morgan fingerprint density at radius 1 is 1.18 bits per heavy atom. The van der Waals surface area contributed by atoms with Gasteiger partial charge in [0.25, 0.3) is 0 Å². The molecular formula is C17H16F2N2O. The van der Waals surface area contributed by atoms with Gasteiger partial charge >= 0.3 is 0 Å². The van der Waals surface area contributed by atoms with Crippen LogP contribution in [0.3, 0.4) is 0 Å². The molecule has 0 saturated heterocycles. The summed E-state index contributed by atoms with van der Waals surface area (Å²) in [6.07, 6.45) is 0. The van der Waals surface area contributed by atoms with Crippen molar-refractivity contribution in [1.29, 1.82) is 0 Å². The highest BCUT2D eigenvalue weighted by Gasteiger charge is 2.30. The molecular weight excluding hydrogens is 286 g/mol. The van der Waals surface area contributed by atoms with E-state index in [9.17, 15) is 8.78 Å². The Balaban J connectivity index is 2.05. The van der Waals surface area contributed by atoms with Gasteiger partial charge in [0.2, 0.25) is 0 Å². The number of ether oxygens (including phenoxy) is 1. The van der Waals surface area contributed by atoms with Crippen LogP contribution >= 0.6 is 0 Å². The van der Waals surface area contributed by atoms with Crippen molar-refractivity contribution in [3.8, 4) is 11.1 Å². The third-order valence-corrected chi connectivity index (χ3v) is 3.75. The summed E-state index contributed by atoms with van der Waals surface area (Å²) in [4.78, 5) is 4.47. The highest BCUT2D eigenvalue weighted by atomic mass is 19.1. The van der Waals surface area contributed by atoms with Crippen molar-refractivity contribution in [2.45, 2.75) is 12.5 Å². The number of nitrogens with two attached hydrogens (primary N) is 1. The predicted octanol–water partition coefficient (Wildman–Crippen LogP) is 3.23. The van der Waals surface area contributed by atoms with E-state index in [1.54, 1.807) is 6.07 Å². The fourth-order valence-corrected chi connectivity index (χ4v) is 2.63. The highest BCUT2D eigenvalue weighted by molar-refractivity contribution is 5.82. The Labute approximate surface area is 127 Å². The maximum atomic E-state index is 14.0. The molecule has 1 unspecified atom stereocenters. The van der Waals surface area contributed by atoms with Crippen LogP contribution < -0.4 is 5.73 Å². The first-order valence-electron chi connectivity index (χ1n) is 6.96. The molecule has 114 valence electrons. The summed E-state index contributed by atoms with van der Waals surface area (Å²) in [5.74, 6) is -0.750. The van der Waals surface area contributed by atoms with Crippen LogP contribution in [-0.4, -0.2) is 19.0 Å². The Hall–Kier alpha value is -2.27. The summed E-state index contributed by atoms with van der Waals surface area (Å²) >= 11 is 0. The third-order valence-electron chi connectivity index (χ3n) is 3.75. The lowest BCUT2D eigenvalue weighted by Gasteiger charge is -2.30. The molecule has 0 fully saturated rings. The maximum Gasteiger partial charge on any atom is 0.133 e. The van der Waals surface area contributed by atoms with Gasteiger partial charge in [0, 0.05) is 11.6 Å². The zero-order valence-electron chi connectivity index (χ0n) is 12.1.